The van der Waals surface area contributed by atoms with Gasteiger partial charge in [-0.2, -0.15) is 18.4 Å². The Morgan fingerprint density at radius 3 is 2.46 bits per heavy atom. The summed E-state index contributed by atoms with van der Waals surface area (Å²) in [5.74, 6) is -0.358. The molecule has 1 aromatic carbocycles. The van der Waals surface area contributed by atoms with Crippen LogP contribution in [0, 0.1) is 11.3 Å². The fourth-order valence-electron chi connectivity index (χ4n) is 5.76. The number of nitrogens with zero attached hydrogens (tertiary/aromatic N) is 5. The largest absolute Gasteiger partial charge is 0.419 e. The number of pyridine rings is 1. The fourth-order valence-corrected chi connectivity index (χ4v) is 6.23. The first-order valence-corrected chi connectivity index (χ1v) is 12.8. The van der Waals surface area contributed by atoms with Gasteiger partial charge in [0.05, 0.1) is 17.4 Å². The van der Waals surface area contributed by atoms with Crippen molar-refractivity contribution >= 4 is 34.6 Å². The van der Waals surface area contributed by atoms with Crippen LogP contribution in [0.1, 0.15) is 48.9 Å². The number of amides is 1. The number of anilines is 2. The summed E-state index contributed by atoms with van der Waals surface area (Å²) >= 11 is 5.69. The van der Waals surface area contributed by atoms with Crippen LogP contribution in [0.2, 0.25) is 0 Å². The zero-order valence-corrected chi connectivity index (χ0v) is 20.8. The maximum atomic E-state index is 13.6. The highest BCUT2D eigenvalue weighted by molar-refractivity contribution is 7.81. The van der Waals surface area contributed by atoms with Crippen LogP contribution in [-0.4, -0.2) is 51.6 Å². The number of carbonyl (C=O) groups excluding carboxylic acids is 1. The van der Waals surface area contributed by atoms with E-state index < -0.39 is 23.0 Å². The minimum Gasteiger partial charge on any atom is -0.309 e. The molecule has 0 unspecified atom stereocenters. The Bertz CT molecular complexity index is 1310. The zero-order valence-electron chi connectivity index (χ0n) is 20.0. The molecule has 1 amide bonds. The number of carbonyl (C=O) groups is 1. The maximum Gasteiger partial charge on any atom is 0.419 e. The van der Waals surface area contributed by atoms with E-state index in [4.69, 9.17) is 17.5 Å². The Kier molecular flexibility index (Phi) is 5.56. The van der Waals surface area contributed by atoms with E-state index in [1.165, 1.54) is 18.9 Å². The van der Waals surface area contributed by atoms with Gasteiger partial charge >= 0.3 is 6.18 Å². The zero-order chi connectivity index (χ0) is 26.0. The van der Waals surface area contributed by atoms with Crippen LogP contribution in [0.5, 0.6) is 0 Å². The topological polar surface area (TPSA) is 75.5 Å². The first-order valence-electron chi connectivity index (χ1n) is 12.4. The number of alkyl halides is 3. The van der Waals surface area contributed by atoms with Gasteiger partial charge in [-0.3, -0.25) is 14.6 Å². The lowest BCUT2D eigenvalue weighted by atomic mass is 9.75. The second-order valence-corrected chi connectivity index (χ2v) is 10.8. The molecule has 2 aliphatic heterocycles. The van der Waals surface area contributed by atoms with Crippen molar-refractivity contribution in [1.29, 1.82) is 5.26 Å². The van der Waals surface area contributed by atoms with E-state index in [1.54, 1.807) is 4.90 Å². The van der Waals surface area contributed by atoms with Crippen molar-refractivity contribution < 1.29 is 18.0 Å². The van der Waals surface area contributed by atoms with Gasteiger partial charge in [-0.05, 0) is 68.1 Å². The lowest BCUT2D eigenvalue weighted by molar-refractivity contribution is -0.138. The highest BCUT2D eigenvalue weighted by Gasteiger charge is 2.59. The average molecular weight is 527 g/mol. The number of piperazine rings is 1. The van der Waals surface area contributed by atoms with Gasteiger partial charge in [0.1, 0.15) is 11.6 Å². The molecule has 2 saturated heterocycles. The van der Waals surface area contributed by atoms with Crippen LogP contribution >= 0.6 is 12.2 Å². The molecular weight excluding hydrogens is 501 g/mol. The molecule has 11 heteroatoms. The highest BCUT2D eigenvalue weighted by atomic mass is 32.1. The molecule has 6 rings (SSSR count). The van der Waals surface area contributed by atoms with Crippen molar-refractivity contribution in [3.8, 4) is 6.07 Å². The normalized spacial score (nSPS) is 22.4. The standard InChI is InChI=1S/C26H25F3N6OS/c27-26(28,29)20-12-19(14-31-21(20)13-30)34-22(36)25(6-1-7-25)35(23(34)37)18-4-2-17(3-5-18)15-33-11-10-32-24(16-33)8-9-24/h2-5,12,14,32H,1,6-11,15-16H2. The van der Waals surface area contributed by atoms with E-state index in [0.29, 0.717) is 18.4 Å². The molecule has 2 aromatic rings. The number of aromatic nitrogens is 1. The molecule has 37 heavy (non-hydrogen) atoms. The molecule has 7 nitrogen and oxygen atoms in total. The first kappa shape index (κ1) is 24.3. The number of halogens is 3. The van der Waals surface area contributed by atoms with Crippen LogP contribution in [0.3, 0.4) is 0 Å². The summed E-state index contributed by atoms with van der Waals surface area (Å²) in [5.41, 5.74) is -0.732. The molecule has 1 N–H and O–H groups in total. The SMILES string of the molecule is N#Cc1ncc(N2C(=O)C3(CCC3)N(c3ccc(CN4CCNC5(CC5)C4)cc3)C2=S)cc1C(F)(F)F. The third-order valence-corrected chi connectivity index (χ3v) is 8.41. The van der Waals surface area contributed by atoms with Gasteiger partial charge < -0.3 is 10.2 Å². The Morgan fingerprint density at radius 2 is 1.86 bits per heavy atom. The number of hydrogen-bond acceptors (Lipinski definition) is 6. The lowest BCUT2D eigenvalue weighted by Crippen LogP contribution is -2.55. The molecule has 2 spiro atoms. The summed E-state index contributed by atoms with van der Waals surface area (Å²) in [6.45, 7) is 3.85. The smallest absolute Gasteiger partial charge is 0.309 e. The van der Waals surface area contributed by atoms with Crippen LogP contribution in [-0.2, 0) is 17.5 Å². The number of thiocarbonyl (C=S) groups is 1. The van der Waals surface area contributed by atoms with Gasteiger partial charge in [-0.25, -0.2) is 4.98 Å². The number of nitrogens with one attached hydrogen (secondary N) is 1. The Labute approximate surface area is 217 Å². The maximum absolute atomic E-state index is 13.6. The quantitative estimate of drug-likeness (QED) is 0.605. The molecule has 0 bridgehead atoms. The number of nitriles is 1. The van der Waals surface area contributed by atoms with E-state index in [2.05, 4.69) is 15.2 Å². The van der Waals surface area contributed by atoms with E-state index in [-0.39, 0.29) is 16.7 Å². The minimum absolute atomic E-state index is 0.0839. The Hall–Kier alpha value is -3.07. The van der Waals surface area contributed by atoms with Crippen molar-refractivity contribution in [2.45, 2.75) is 55.9 Å². The van der Waals surface area contributed by atoms with Gasteiger partial charge in [-0.15, -0.1) is 0 Å². The third-order valence-electron chi connectivity index (χ3n) is 8.04. The predicted molar refractivity (Wildman–Crippen MR) is 135 cm³/mol. The van der Waals surface area contributed by atoms with Gasteiger partial charge in [0, 0.05) is 37.4 Å². The third kappa shape index (κ3) is 3.98. The molecule has 3 heterocycles. The van der Waals surface area contributed by atoms with Crippen LogP contribution in [0.25, 0.3) is 0 Å². The number of hydrogen-bond donors (Lipinski definition) is 1. The average Bonchev–Trinajstić information content (AvgIpc) is 3.53. The number of rotatable bonds is 4. The Balaban J connectivity index is 1.28. The molecule has 1 aromatic heterocycles. The minimum atomic E-state index is -4.79. The molecule has 2 saturated carbocycles. The molecule has 0 atom stereocenters. The van der Waals surface area contributed by atoms with E-state index in [1.807, 2.05) is 24.3 Å². The van der Waals surface area contributed by atoms with Gasteiger partial charge in [-0.1, -0.05) is 12.1 Å². The molecule has 4 aliphatic rings. The van der Waals surface area contributed by atoms with Crippen molar-refractivity contribution in [2.75, 3.05) is 29.4 Å². The highest BCUT2D eigenvalue weighted by Crippen LogP contribution is 2.48. The van der Waals surface area contributed by atoms with Crippen LogP contribution < -0.4 is 15.1 Å². The van der Waals surface area contributed by atoms with E-state index in [9.17, 15) is 18.0 Å². The van der Waals surface area contributed by atoms with E-state index in [0.717, 1.165) is 61.0 Å². The van der Waals surface area contributed by atoms with Gasteiger partial charge in [0.15, 0.2) is 10.8 Å². The summed E-state index contributed by atoms with van der Waals surface area (Å²) in [7, 11) is 0. The summed E-state index contributed by atoms with van der Waals surface area (Å²) < 4.78 is 40.7. The van der Waals surface area contributed by atoms with Crippen molar-refractivity contribution in [3.63, 3.8) is 0 Å². The first-order chi connectivity index (χ1) is 17.7. The predicted octanol–water partition coefficient (Wildman–Crippen LogP) is 3.97. The molecule has 192 valence electrons. The van der Waals surface area contributed by atoms with Gasteiger partial charge in [0.25, 0.3) is 5.91 Å². The summed E-state index contributed by atoms with van der Waals surface area (Å²) in [6.07, 6.45) is 0.705. The fraction of sp³-hybridized carbons (Fsp3) is 0.462. The van der Waals surface area contributed by atoms with Crippen molar-refractivity contribution in [1.82, 2.24) is 15.2 Å². The molecule has 2 aliphatic carbocycles. The Morgan fingerprint density at radius 1 is 1.14 bits per heavy atom. The van der Waals surface area contributed by atoms with Crippen molar-refractivity contribution in [2.24, 2.45) is 0 Å². The van der Waals surface area contributed by atoms with E-state index >= 15 is 0 Å². The lowest BCUT2D eigenvalue weighted by Gasteiger charge is -2.43. The van der Waals surface area contributed by atoms with Crippen LogP contribution in [0.4, 0.5) is 24.5 Å². The number of benzene rings is 1. The van der Waals surface area contributed by atoms with Crippen molar-refractivity contribution in [3.05, 3.63) is 53.3 Å². The monoisotopic (exact) mass is 526 g/mol. The summed E-state index contributed by atoms with van der Waals surface area (Å²) in [6, 6.07) is 10.2. The summed E-state index contributed by atoms with van der Waals surface area (Å²) in [4.78, 5) is 22.7. The van der Waals surface area contributed by atoms with Gasteiger partial charge in [0.2, 0.25) is 0 Å². The molecular formula is C26H25F3N6OS. The second-order valence-electron chi connectivity index (χ2n) is 10.4. The molecule has 4 fully saturated rings. The molecule has 0 radical (unpaired) electrons. The summed E-state index contributed by atoms with van der Waals surface area (Å²) in [5, 5.41) is 12.8. The second kappa shape index (κ2) is 8.48. The van der Waals surface area contributed by atoms with Crippen LogP contribution in [0.15, 0.2) is 36.5 Å².